The Morgan fingerprint density at radius 1 is 1.28 bits per heavy atom. The van der Waals surface area contributed by atoms with Crippen LogP contribution in [0, 0.1) is 0 Å². The summed E-state index contributed by atoms with van der Waals surface area (Å²) in [6.45, 7) is 3.40. The number of halogens is 1. The van der Waals surface area contributed by atoms with Gasteiger partial charge in [-0.1, -0.05) is 35.1 Å². The van der Waals surface area contributed by atoms with Gasteiger partial charge < -0.3 is 39.4 Å². The molecule has 0 radical (unpaired) electrons. The highest BCUT2D eigenvalue weighted by Crippen LogP contribution is 2.44. The van der Waals surface area contributed by atoms with Gasteiger partial charge >= 0.3 is 14.1 Å². The van der Waals surface area contributed by atoms with Crippen LogP contribution in [0.5, 0.6) is 17.4 Å². The van der Waals surface area contributed by atoms with E-state index in [1.165, 1.54) is 31.9 Å². The normalized spacial score (nSPS) is 24.4. The van der Waals surface area contributed by atoms with Crippen LogP contribution in [0.1, 0.15) is 32.9 Å². The van der Waals surface area contributed by atoms with Crippen molar-refractivity contribution >= 4 is 42.0 Å². The zero-order valence-electron chi connectivity index (χ0n) is 25.8. The predicted octanol–water partition coefficient (Wildman–Crippen LogP) is 2.98. The lowest BCUT2D eigenvalue weighted by atomic mass is 9.98. The SMILES string of the molecule is COc1nc(N)nc2c1ncn2C1O[C@H](COc2ccc3ccccc3c2O[P+]([O-])=N[C@@H](C)C(=O)OC2CCOCC2)[C@@H](F)[C@@]1(C)O. The largest absolute Gasteiger partial charge is 0.575 e. The standard InChI is InChI=1S/C30H34FN6O9P/c1-16(27(38)44-18-10-12-42-13-11-18)36-47(40)46-23-19-7-5-4-6-17(19)8-9-20(23)43-14-21-24(31)30(2,39)28(45-21)37-15-33-22-25(37)34-29(32)35-26(22)41-3/h4-9,15-16,18,21,24,28,39H,10-14H2,1-3H3,(H2,32,34,35)/t16-,21+,24+,28?,30+/m0/s1. The highest BCUT2D eigenvalue weighted by molar-refractivity contribution is 7.34. The molecule has 15 nitrogen and oxygen atoms in total. The summed E-state index contributed by atoms with van der Waals surface area (Å²) in [7, 11) is -1.37. The number of alkyl halides is 1. The molecule has 0 amide bonds. The molecule has 4 aromatic rings. The van der Waals surface area contributed by atoms with Crippen molar-refractivity contribution in [2.75, 3.05) is 32.7 Å². The molecule has 6 atom stereocenters. The van der Waals surface area contributed by atoms with Crippen molar-refractivity contribution in [2.24, 2.45) is 4.74 Å². The Labute approximate surface area is 269 Å². The number of fused-ring (bicyclic) bond motifs is 2. The van der Waals surface area contributed by atoms with Crippen molar-refractivity contribution in [3.05, 3.63) is 42.7 Å². The third kappa shape index (κ3) is 6.64. The second-order valence-corrected chi connectivity index (χ2v) is 12.3. The molecule has 47 heavy (non-hydrogen) atoms. The van der Waals surface area contributed by atoms with E-state index in [0.717, 1.165) is 5.39 Å². The minimum absolute atomic E-state index is 0.0783. The number of methoxy groups -OCH3 is 1. The quantitative estimate of drug-likeness (QED) is 0.184. The minimum atomic E-state index is -2.76. The molecule has 3 N–H and O–H groups in total. The monoisotopic (exact) mass is 672 g/mol. The molecule has 17 heteroatoms. The average molecular weight is 673 g/mol. The second-order valence-electron chi connectivity index (χ2n) is 11.4. The van der Waals surface area contributed by atoms with Crippen molar-refractivity contribution < 1.29 is 47.4 Å². The highest BCUT2D eigenvalue weighted by Gasteiger charge is 2.55. The molecule has 2 aromatic carbocycles. The number of anilines is 1. The summed E-state index contributed by atoms with van der Waals surface area (Å²) in [5, 5.41) is 12.5. The van der Waals surface area contributed by atoms with Crippen LogP contribution >= 0.6 is 8.17 Å². The molecule has 250 valence electrons. The van der Waals surface area contributed by atoms with Crippen molar-refractivity contribution in [3.63, 3.8) is 0 Å². The van der Waals surface area contributed by atoms with E-state index in [1.54, 1.807) is 24.3 Å². The number of nitrogens with zero attached hydrogens (tertiary/aromatic N) is 5. The number of nitrogens with two attached hydrogens (primary N) is 1. The first-order valence-electron chi connectivity index (χ1n) is 14.9. The molecule has 0 aliphatic carbocycles. The summed E-state index contributed by atoms with van der Waals surface area (Å²) in [5.41, 5.74) is 4.22. The van der Waals surface area contributed by atoms with E-state index in [0.29, 0.717) is 31.4 Å². The number of ether oxygens (including phenoxy) is 5. The maximum Gasteiger partial charge on any atom is 0.395 e. The first-order chi connectivity index (χ1) is 22.6. The first-order valence-corrected chi connectivity index (χ1v) is 16.0. The first kappa shape index (κ1) is 32.7. The lowest BCUT2D eigenvalue weighted by Crippen LogP contribution is -2.42. The number of carbonyl (C=O) groups is 1. The van der Waals surface area contributed by atoms with Gasteiger partial charge in [0.15, 0.2) is 35.4 Å². The number of hydrogen-bond acceptors (Lipinski definition) is 14. The number of carbonyl (C=O) groups excluding carboxylic acids is 1. The van der Waals surface area contributed by atoms with E-state index in [4.69, 9.17) is 33.9 Å². The van der Waals surface area contributed by atoms with Crippen LogP contribution in [0.25, 0.3) is 21.9 Å². The number of benzene rings is 2. The summed E-state index contributed by atoms with van der Waals surface area (Å²) in [5.74, 6) is -0.415. The van der Waals surface area contributed by atoms with Gasteiger partial charge in [-0.05, 0) is 25.3 Å². The summed E-state index contributed by atoms with van der Waals surface area (Å²) in [4.78, 5) is 38.1. The zero-order chi connectivity index (χ0) is 33.3. The van der Waals surface area contributed by atoms with Crippen molar-refractivity contribution in [2.45, 2.75) is 62.9 Å². The summed E-state index contributed by atoms with van der Waals surface area (Å²) < 4.78 is 54.9. The number of rotatable bonds is 10. The van der Waals surface area contributed by atoms with Gasteiger partial charge in [0.2, 0.25) is 17.6 Å². The molecule has 2 unspecified atom stereocenters. The summed E-state index contributed by atoms with van der Waals surface area (Å²) >= 11 is 0. The van der Waals surface area contributed by atoms with Gasteiger partial charge in [0.05, 0.1) is 26.7 Å². The molecule has 2 aliphatic heterocycles. The van der Waals surface area contributed by atoms with Crippen LogP contribution in [0.4, 0.5) is 10.3 Å². The summed E-state index contributed by atoms with van der Waals surface area (Å²) in [6.07, 6.45) is -2.24. The fourth-order valence-electron chi connectivity index (χ4n) is 5.53. The van der Waals surface area contributed by atoms with Crippen LogP contribution in [0.2, 0.25) is 0 Å². The van der Waals surface area contributed by atoms with Crippen molar-refractivity contribution in [1.82, 2.24) is 19.5 Å². The maximum absolute atomic E-state index is 15.8. The van der Waals surface area contributed by atoms with E-state index in [2.05, 4.69) is 19.7 Å². The molecular weight excluding hydrogens is 638 g/mol. The van der Waals surface area contributed by atoms with Gasteiger partial charge in [-0.2, -0.15) is 9.97 Å². The molecule has 0 saturated carbocycles. The highest BCUT2D eigenvalue weighted by atomic mass is 31.1. The van der Waals surface area contributed by atoms with E-state index >= 15 is 4.39 Å². The minimum Gasteiger partial charge on any atom is -0.575 e. The second kappa shape index (κ2) is 13.5. The fourth-order valence-corrected chi connectivity index (χ4v) is 6.29. The Bertz CT molecular complexity index is 1800. The van der Waals surface area contributed by atoms with Gasteiger partial charge in [-0.3, -0.25) is 9.09 Å². The number of aliphatic hydroxyl groups is 1. The number of nitrogen functional groups attached to an aromatic ring is 1. The van der Waals surface area contributed by atoms with Gasteiger partial charge in [0, 0.05) is 18.2 Å². The molecule has 2 fully saturated rings. The topological polar surface area (TPSA) is 198 Å². The van der Waals surface area contributed by atoms with Crippen LogP contribution < -0.4 is 24.6 Å². The number of esters is 1. The molecule has 0 bridgehead atoms. The lowest BCUT2D eigenvalue weighted by molar-refractivity contribution is -0.170. The van der Waals surface area contributed by atoms with Gasteiger partial charge in [-0.15, -0.1) is 0 Å². The average Bonchev–Trinajstić information content (AvgIpc) is 3.57. The van der Waals surface area contributed by atoms with Crippen molar-refractivity contribution in [3.8, 4) is 17.4 Å². The Hall–Kier alpha value is -4.21. The van der Waals surface area contributed by atoms with E-state index in [-0.39, 0.29) is 47.2 Å². The van der Waals surface area contributed by atoms with E-state index < -0.39 is 44.3 Å². The van der Waals surface area contributed by atoms with Gasteiger partial charge in [0.1, 0.15) is 24.4 Å². The third-order valence-electron chi connectivity index (χ3n) is 8.02. The number of hydrogen-bond donors (Lipinski definition) is 2. The van der Waals surface area contributed by atoms with E-state index in [9.17, 15) is 14.8 Å². The van der Waals surface area contributed by atoms with Crippen molar-refractivity contribution in [1.29, 1.82) is 0 Å². The third-order valence-corrected chi connectivity index (χ3v) is 8.89. The Morgan fingerprint density at radius 3 is 2.81 bits per heavy atom. The summed E-state index contributed by atoms with van der Waals surface area (Å²) in [6, 6.07) is 9.42. The fraction of sp³-hybridized carbons (Fsp3) is 0.467. The molecule has 6 rings (SSSR count). The Morgan fingerprint density at radius 2 is 2.04 bits per heavy atom. The molecule has 2 saturated heterocycles. The smallest absolute Gasteiger partial charge is 0.395 e. The number of aromatic nitrogens is 4. The molecule has 4 heterocycles. The number of imidazole rings is 1. The zero-order valence-corrected chi connectivity index (χ0v) is 26.7. The van der Waals surface area contributed by atoms with E-state index in [1.807, 2.05) is 12.1 Å². The van der Waals surface area contributed by atoms with Crippen LogP contribution in [0.3, 0.4) is 0 Å². The molecule has 0 spiro atoms. The van der Waals surface area contributed by atoms with Gasteiger partial charge in [-0.25, -0.2) is 14.2 Å². The Balaban J connectivity index is 1.21. The Kier molecular flexibility index (Phi) is 9.39. The van der Waals surface area contributed by atoms with Crippen LogP contribution in [-0.4, -0.2) is 87.5 Å². The maximum atomic E-state index is 15.8. The van der Waals surface area contributed by atoms with Crippen LogP contribution in [-0.2, 0) is 19.0 Å². The molecule has 2 aromatic heterocycles. The lowest BCUT2D eigenvalue weighted by Gasteiger charge is -2.26. The van der Waals surface area contributed by atoms with Crippen LogP contribution in [0.15, 0.2) is 47.5 Å². The molecular formula is C30H34FN6O9P. The predicted molar refractivity (Wildman–Crippen MR) is 165 cm³/mol. The van der Waals surface area contributed by atoms with Gasteiger partial charge in [0.25, 0.3) is 0 Å². The molecule has 2 aliphatic rings.